The fourth-order valence-electron chi connectivity index (χ4n) is 3.42. The minimum Gasteiger partial charge on any atom is -0.464 e. The second kappa shape index (κ2) is 5.29. The maximum atomic E-state index is 6.10. The van der Waals surface area contributed by atoms with Gasteiger partial charge >= 0.3 is 0 Å². The lowest BCUT2D eigenvalue weighted by molar-refractivity contribution is 0.118. The second-order valence-corrected chi connectivity index (χ2v) is 6.55. The van der Waals surface area contributed by atoms with Crippen LogP contribution in [-0.4, -0.2) is 24.5 Å². The van der Waals surface area contributed by atoms with Crippen LogP contribution >= 0.6 is 0 Å². The molecule has 1 saturated carbocycles. The summed E-state index contributed by atoms with van der Waals surface area (Å²) in [6, 6.07) is 4.59. The second-order valence-electron chi connectivity index (χ2n) is 6.55. The molecule has 2 fully saturated rings. The predicted octanol–water partition coefficient (Wildman–Crippen LogP) is 3.13. The minimum absolute atomic E-state index is 0.269. The van der Waals surface area contributed by atoms with Crippen molar-refractivity contribution < 1.29 is 4.42 Å². The molecule has 1 aromatic heterocycles. The SMILES string of the molecule is CC1CCCN(C(CN)c2ccc(C3CC3C)o2)C1. The molecule has 3 nitrogen and oxygen atoms in total. The molecule has 0 bridgehead atoms. The molecule has 1 aromatic rings. The van der Waals surface area contributed by atoms with Crippen LogP contribution < -0.4 is 5.73 Å². The van der Waals surface area contributed by atoms with Crippen molar-refractivity contribution in [3.05, 3.63) is 23.7 Å². The minimum atomic E-state index is 0.269. The maximum absolute atomic E-state index is 6.10. The summed E-state index contributed by atoms with van der Waals surface area (Å²) >= 11 is 0. The third kappa shape index (κ3) is 2.72. The van der Waals surface area contributed by atoms with Crippen LogP contribution in [0.3, 0.4) is 0 Å². The van der Waals surface area contributed by atoms with Gasteiger partial charge in [-0.1, -0.05) is 13.8 Å². The number of furan rings is 1. The third-order valence-corrected chi connectivity index (χ3v) is 4.80. The monoisotopic (exact) mass is 262 g/mol. The highest BCUT2D eigenvalue weighted by molar-refractivity contribution is 5.19. The highest BCUT2D eigenvalue weighted by Gasteiger charge is 2.37. The standard InChI is InChI=1S/C16H26N2O/c1-11-4-3-7-18(10-11)14(9-17)16-6-5-15(19-16)13-8-12(13)2/h5-6,11-14H,3-4,7-10,17H2,1-2H3. The molecule has 0 aromatic carbocycles. The Morgan fingerprint density at radius 2 is 2.21 bits per heavy atom. The quantitative estimate of drug-likeness (QED) is 0.906. The number of hydrogen-bond acceptors (Lipinski definition) is 3. The predicted molar refractivity (Wildman–Crippen MR) is 77.0 cm³/mol. The van der Waals surface area contributed by atoms with Gasteiger partial charge in [-0.2, -0.15) is 0 Å². The number of hydrogen-bond donors (Lipinski definition) is 1. The summed E-state index contributed by atoms with van der Waals surface area (Å²) in [6.45, 7) is 7.58. The van der Waals surface area contributed by atoms with Gasteiger partial charge in [-0.15, -0.1) is 0 Å². The third-order valence-electron chi connectivity index (χ3n) is 4.80. The Balaban J connectivity index is 1.72. The van der Waals surface area contributed by atoms with Crippen molar-refractivity contribution in [2.24, 2.45) is 17.6 Å². The first kappa shape index (κ1) is 13.2. The van der Waals surface area contributed by atoms with Crippen LogP contribution in [0, 0.1) is 11.8 Å². The van der Waals surface area contributed by atoms with Gasteiger partial charge in [-0.3, -0.25) is 4.90 Å². The molecule has 1 aliphatic heterocycles. The fraction of sp³-hybridized carbons (Fsp3) is 0.750. The van der Waals surface area contributed by atoms with Crippen molar-refractivity contribution in [3.8, 4) is 0 Å². The number of nitrogens with two attached hydrogens (primary N) is 1. The van der Waals surface area contributed by atoms with Crippen molar-refractivity contribution in [1.29, 1.82) is 0 Å². The Bertz CT molecular complexity index is 428. The molecule has 3 rings (SSSR count). The van der Waals surface area contributed by atoms with E-state index in [2.05, 4.69) is 30.9 Å². The molecule has 0 radical (unpaired) electrons. The van der Waals surface area contributed by atoms with E-state index >= 15 is 0 Å². The highest BCUT2D eigenvalue weighted by atomic mass is 16.3. The average Bonchev–Trinajstić information content (AvgIpc) is 2.93. The zero-order valence-corrected chi connectivity index (χ0v) is 12.1. The smallest absolute Gasteiger partial charge is 0.122 e. The lowest BCUT2D eigenvalue weighted by Gasteiger charge is -2.35. The van der Waals surface area contributed by atoms with E-state index in [1.54, 1.807) is 0 Å². The first-order chi connectivity index (χ1) is 9.19. The number of likely N-dealkylation sites (tertiary alicyclic amines) is 1. The van der Waals surface area contributed by atoms with E-state index in [-0.39, 0.29) is 6.04 Å². The Morgan fingerprint density at radius 1 is 1.42 bits per heavy atom. The summed E-state index contributed by atoms with van der Waals surface area (Å²) in [5, 5.41) is 0. The molecule has 19 heavy (non-hydrogen) atoms. The van der Waals surface area contributed by atoms with Crippen LogP contribution in [0.2, 0.25) is 0 Å². The molecular formula is C16H26N2O. The van der Waals surface area contributed by atoms with Gasteiger partial charge in [0.2, 0.25) is 0 Å². The van der Waals surface area contributed by atoms with Gasteiger partial charge in [-0.25, -0.2) is 0 Å². The Morgan fingerprint density at radius 3 is 2.84 bits per heavy atom. The molecule has 1 saturated heterocycles. The van der Waals surface area contributed by atoms with E-state index in [1.165, 1.54) is 25.0 Å². The molecule has 2 aliphatic rings. The summed E-state index contributed by atoms with van der Waals surface area (Å²) < 4.78 is 6.10. The molecule has 3 heteroatoms. The molecule has 0 amide bonds. The van der Waals surface area contributed by atoms with Crippen LogP contribution in [0.4, 0.5) is 0 Å². The van der Waals surface area contributed by atoms with Gasteiger partial charge in [-0.05, 0) is 49.8 Å². The summed E-state index contributed by atoms with van der Waals surface area (Å²) in [6.07, 6.45) is 3.91. The van der Waals surface area contributed by atoms with E-state index in [1.807, 2.05) is 0 Å². The summed E-state index contributed by atoms with van der Waals surface area (Å²) in [4.78, 5) is 2.51. The Hall–Kier alpha value is -0.800. The number of rotatable bonds is 4. The normalized spacial score (nSPS) is 33.3. The molecule has 0 spiro atoms. The molecule has 4 unspecified atom stereocenters. The molecule has 1 aliphatic carbocycles. The number of nitrogens with zero attached hydrogens (tertiary/aromatic N) is 1. The van der Waals surface area contributed by atoms with Crippen LogP contribution in [-0.2, 0) is 0 Å². The van der Waals surface area contributed by atoms with E-state index in [9.17, 15) is 0 Å². The molecule has 4 atom stereocenters. The van der Waals surface area contributed by atoms with Gasteiger partial charge in [0.1, 0.15) is 11.5 Å². The fourth-order valence-corrected chi connectivity index (χ4v) is 3.42. The molecular weight excluding hydrogens is 236 g/mol. The van der Waals surface area contributed by atoms with Crippen molar-refractivity contribution in [1.82, 2.24) is 4.90 Å². The topological polar surface area (TPSA) is 42.4 Å². The van der Waals surface area contributed by atoms with E-state index in [4.69, 9.17) is 10.2 Å². The van der Waals surface area contributed by atoms with Crippen molar-refractivity contribution >= 4 is 0 Å². The molecule has 106 valence electrons. The van der Waals surface area contributed by atoms with Crippen molar-refractivity contribution in [3.63, 3.8) is 0 Å². The van der Waals surface area contributed by atoms with Crippen LogP contribution in [0.25, 0.3) is 0 Å². The maximum Gasteiger partial charge on any atom is 0.122 e. The lowest BCUT2D eigenvalue weighted by atomic mass is 9.98. The molecule has 2 heterocycles. The molecule has 2 N–H and O–H groups in total. The number of piperidine rings is 1. The van der Waals surface area contributed by atoms with Gasteiger partial charge < -0.3 is 10.2 Å². The summed E-state index contributed by atoms with van der Waals surface area (Å²) in [5.41, 5.74) is 6.01. The van der Waals surface area contributed by atoms with E-state index < -0.39 is 0 Å². The Kier molecular flexibility index (Phi) is 3.68. The van der Waals surface area contributed by atoms with Gasteiger partial charge in [0.15, 0.2) is 0 Å². The van der Waals surface area contributed by atoms with Crippen LogP contribution in [0.5, 0.6) is 0 Å². The van der Waals surface area contributed by atoms with Crippen LogP contribution in [0.15, 0.2) is 16.5 Å². The highest BCUT2D eigenvalue weighted by Crippen LogP contribution is 2.47. The Labute approximate surface area is 116 Å². The van der Waals surface area contributed by atoms with Crippen molar-refractivity contribution in [2.75, 3.05) is 19.6 Å². The first-order valence-electron chi connectivity index (χ1n) is 7.72. The van der Waals surface area contributed by atoms with E-state index in [0.29, 0.717) is 12.5 Å². The largest absolute Gasteiger partial charge is 0.464 e. The van der Waals surface area contributed by atoms with E-state index in [0.717, 1.165) is 30.7 Å². The van der Waals surface area contributed by atoms with Crippen molar-refractivity contribution in [2.45, 2.75) is 45.1 Å². The van der Waals surface area contributed by atoms with Crippen LogP contribution in [0.1, 0.15) is 56.6 Å². The summed E-state index contributed by atoms with van der Waals surface area (Å²) in [5.74, 6) is 4.48. The zero-order valence-electron chi connectivity index (χ0n) is 12.1. The zero-order chi connectivity index (χ0) is 13.4. The van der Waals surface area contributed by atoms with Gasteiger partial charge in [0.05, 0.1) is 6.04 Å². The average molecular weight is 262 g/mol. The summed E-state index contributed by atoms with van der Waals surface area (Å²) in [7, 11) is 0. The van der Waals surface area contributed by atoms with Gasteiger partial charge in [0.25, 0.3) is 0 Å². The first-order valence-corrected chi connectivity index (χ1v) is 7.72. The van der Waals surface area contributed by atoms with Gasteiger partial charge in [0, 0.05) is 19.0 Å². The lowest BCUT2D eigenvalue weighted by Crippen LogP contribution is -2.40.